The molecule has 2 aromatic rings. The van der Waals surface area contributed by atoms with Gasteiger partial charge in [0.15, 0.2) is 5.76 Å². The van der Waals surface area contributed by atoms with Gasteiger partial charge in [-0.25, -0.2) is 4.79 Å². The molecule has 2 heterocycles. The predicted octanol–water partition coefficient (Wildman–Crippen LogP) is 3.59. The van der Waals surface area contributed by atoms with Crippen molar-refractivity contribution in [2.75, 3.05) is 34.1 Å². The molecule has 0 bridgehead atoms. The summed E-state index contributed by atoms with van der Waals surface area (Å²) in [5, 5.41) is 0. The Balaban J connectivity index is 1.56. The van der Waals surface area contributed by atoms with E-state index in [1.807, 2.05) is 13.0 Å². The molecule has 0 saturated heterocycles. The lowest BCUT2D eigenvalue weighted by molar-refractivity contribution is 0.0600. The van der Waals surface area contributed by atoms with Crippen LogP contribution in [0.25, 0.3) is 6.08 Å². The van der Waals surface area contributed by atoms with Gasteiger partial charge in [-0.05, 0) is 43.2 Å². The fourth-order valence-corrected chi connectivity index (χ4v) is 3.86. The summed E-state index contributed by atoms with van der Waals surface area (Å²) in [6, 6.07) is 8.68. The van der Waals surface area contributed by atoms with Crippen LogP contribution in [0.2, 0.25) is 0 Å². The first-order chi connectivity index (χ1) is 15.0. The van der Waals surface area contributed by atoms with E-state index in [1.54, 1.807) is 37.5 Å². The smallest absolute Gasteiger partial charge is 0.337 e. The van der Waals surface area contributed by atoms with Crippen LogP contribution in [-0.4, -0.2) is 50.8 Å². The Morgan fingerprint density at radius 3 is 2.68 bits per heavy atom. The number of carbonyl (C=O) groups is 2. The number of methoxy groups -OCH3 is 2. The summed E-state index contributed by atoms with van der Waals surface area (Å²) in [7, 11) is 3.03. The van der Waals surface area contributed by atoms with Gasteiger partial charge in [-0.2, -0.15) is 0 Å². The zero-order valence-corrected chi connectivity index (χ0v) is 17.9. The van der Waals surface area contributed by atoms with Crippen LogP contribution in [0.4, 0.5) is 0 Å². The Morgan fingerprint density at radius 1 is 1.19 bits per heavy atom. The molecule has 0 unspecified atom stereocenters. The van der Waals surface area contributed by atoms with Gasteiger partial charge < -0.3 is 18.9 Å². The summed E-state index contributed by atoms with van der Waals surface area (Å²) in [6.07, 6.45) is 2.60. The number of esters is 1. The van der Waals surface area contributed by atoms with Gasteiger partial charge in [0, 0.05) is 37.9 Å². The summed E-state index contributed by atoms with van der Waals surface area (Å²) in [5.41, 5.74) is 3.58. The van der Waals surface area contributed by atoms with Crippen molar-refractivity contribution in [1.82, 2.24) is 4.90 Å². The molecule has 0 atom stereocenters. The fourth-order valence-electron chi connectivity index (χ4n) is 3.86. The lowest BCUT2D eigenvalue weighted by Crippen LogP contribution is -2.33. The lowest BCUT2D eigenvalue weighted by atomic mass is 10.00. The summed E-state index contributed by atoms with van der Waals surface area (Å²) >= 11 is 0. The van der Waals surface area contributed by atoms with Crippen molar-refractivity contribution in [3.63, 3.8) is 0 Å². The van der Waals surface area contributed by atoms with Crippen LogP contribution in [-0.2, 0) is 16.0 Å². The number of hydrogen-bond acceptors (Lipinski definition) is 7. The lowest BCUT2D eigenvalue weighted by Gasteiger charge is -2.30. The van der Waals surface area contributed by atoms with E-state index in [0.717, 1.165) is 35.4 Å². The number of nitrogens with zero attached hydrogens (tertiary/aromatic N) is 1. The standard InChI is InChI=1S/C24H25NO6/c1-15-22-18(13-25(14-30-22)9-4-10-28-2)12-19-21(26)20(31-23(15)19)11-16-5-7-17(8-6-16)24(27)29-3/h5-8,11-12H,4,9-10,13-14H2,1-3H3/b20-11-. The largest absolute Gasteiger partial charge is 0.477 e. The van der Waals surface area contributed by atoms with Crippen LogP contribution in [0.5, 0.6) is 11.5 Å². The van der Waals surface area contributed by atoms with Crippen LogP contribution in [0.3, 0.4) is 0 Å². The van der Waals surface area contributed by atoms with E-state index in [2.05, 4.69) is 4.90 Å². The van der Waals surface area contributed by atoms with E-state index in [4.69, 9.17) is 18.9 Å². The molecular weight excluding hydrogens is 398 g/mol. The molecule has 0 N–H and O–H groups in total. The van der Waals surface area contributed by atoms with Crippen molar-refractivity contribution >= 4 is 17.8 Å². The average molecular weight is 423 g/mol. The summed E-state index contributed by atoms with van der Waals surface area (Å²) in [6.45, 7) is 4.70. The van der Waals surface area contributed by atoms with Crippen LogP contribution < -0.4 is 9.47 Å². The van der Waals surface area contributed by atoms with Crippen molar-refractivity contribution in [2.45, 2.75) is 19.9 Å². The molecule has 7 heteroatoms. The number of ether oxygens (including phenoxy) is 4. The molecule has 4 rings (SSSR count). The minimum absolute atomic E-state index is 0.158. The van der Waals surface area contributed by atoms with E-state index in [9.17, 15) is 9.59 Å². The fraction of sp³-hybridized carbons (Fsp3) is 0.333. The number of fused-ring (bicyclic) bond motifs is 2. The summed E-state index contributed by atoms with van der Waals surface area (Å²) in [5.74, 6) is 1.03. The van der Waals surface area contributed by atoms with Gasteiger partial charge in [-0.15, -0.1) is 0 Å². The van der Waals surface area contributed by atoms with Gasteiger partial charge in [0.2, 0.25) is 5.78 Å². The first kappa shape index (κ1) is 21.1. The number of carbonyl (C=O) groups excluding carboxylic acids is 2. The summed E-state index contributed by atoms with van der Waals surface area (Å²) < 4.78 is 21.8. The van der Waals surface area contributed by atoms with E-state index < -0.39 is 5.97 Å². The van der Waals surface area contributed by atoms with E-state index in [1.165, 1.54) is 7.11 Å². The second kappa shape index (κ2) is 8.91. The van der Waals surface area contributed by atoms with Crippen molar-refractivity contribution in [2.24, 2.45) is 0 Å². The molecule has 31 heavy (non-hydrogen) atoms. The maximum atomic E-state index is 13.0. The quantitative estimate of drug-likeness (QED) is 0.399. The molecule has 2 aromatic carbocycles. The van der Waals surface area contributed by atoms with Crippen LogP contribution in [0.15, 0.2) is 36.1 Å². The number of ketones is 1. The molecular formula is C24H25NO6. The van der Waals surface area contributed by atoms with Gasteiger partial charge in [0.1, 0.15) is 18.2 Å². The Hall–Kier alpha value is -3.16. The van der Waals surface area contributed by atoms with Crippen molar-refractivity contribution < 1.29 is 28.5 Å². The van der Waals surface area contributed by atoms with Crippen molar-refractivity contribution in [3.8, 4) is 11.5 Å². The number of allylic oxidation sites excluding steroid dienone is 1. The minimum Gasteiger partial charge on any atom is -0.477 e. The molecule has 0 amide bonds. The Bertz CT molecular complexity index is 1040. The molecule has 0 fully saturated rings. The van der Waals surface area contributed by atoms with Gasteiger partial charge >= 0.3 is 5.97 Å². The molecule has 7 nitrogen and oxygen atoms in total. The van der Waals surface area contributed by atoms with Gasteiger partial charge in [-0.1, -0.05) is 12.1 Å². The molecule has 0 aromatic heterocycles. The average Bonchev–Trinajstić information content (AvgIpc) is 3.09. The topological polar surface area (TPSA) is 74.3 Å². The van der Waals surface area contributed by atoms with E-state index >= 15 is 0 Å². The highest BCUT2D eigenvalue weighted by atomic mass is 16.5. The third kappa shape index (κ3) is 4.19. The number of rotatable bonds is 6. The molecule has 0 spiro atoms. The molecule has 2 aliphatic heterocycles. The van der Waals surface area contributed by atoms with Gasteiger partial charge in [0.25, 0.3) is 0 Å². The molecule has 0 radical (unpaired) electrons. The van der Waals surface area contributed by atoms with E-state index in [-0.39, 0.29) is 11.5 Å². The minimum atomic E-state index is -0.405. The van der Waals surface area contributed by atoms with Gasteiger partial charge in [-0.3, -0.25) is 9.69 Å². The first-order valence-corrected chi connectivity index (χ1v) is 10.1. The zero-order valence-electron chi connectivity index (χ0n) is 17.9. The maximum absolute atomic E-state index is 13.0. The second-order valence-electron chi connectivity index (χ2n) is 7.59. The van der Waals surface area contributed by atoms with Crippen LogP contribution >= 0.6 is 0 Å². The summed E-state index contributed by atoms with van der Waals surface area (Å²) in [4.78, 5) is 26.8. The zero-order chi connectivity index (χ0) is 22.0. The third-order valence-corrected chi connectivity index (χ3v) is 5.45. The highest BCUT2D eigenvalue weighted by Gasteiger charge is 2.33. The Labute approximate surface area is 181 Å². The van der Waals surface area contributed by atoms with Crippen LogP contribution in [0, 0.1) is 6.92 Å². The number of benzene rings is 2. The first-order valence-electron chi connectivity index (χ1n) is 10.1. The van der Waals surface area contributed by atoms with Gasteiger partial charge in [0.05, 0.1) is 18.2 Å². The second-order valence-corrected chi connectivity index (χ2v) is 7.59. The van der Waals surface area contributed by atoms with Crippen molar-refractivity contribution in [1.29, 1.82) is 0 Å². The number of Topliss-reactive ketones (excluding diaryl/α,β-unsaturated/α-hetero) is 1. The van der Waals surface area contributed by atoms with E-state index in [0.29, 0.717) is 36.8 Å². The molecule has 0 saturated carbocycles. The van der Waals surface area contributed by atoms with Crippen molar-refractivity contribution in [3.05, 3.63) is 63.9 Å². The maximum Gasteiger partial charge on any atom is 0.337 e. The highest BCUT2D eigenvalue weighted by molar-refractivity contribution is 6.15. The monoisotopic (exact) mass is 423 g/mol. The molecule has 162 valence electrons. The SMILES string of the molecule is COCCCN1COc2c(cc3c(c2C)O/C(=C\c2ccc(C(=O)OC)cc2)C3=O)C1. The number of hydrogen-bond donors (Lipinski definition) is 0. The molecule has 2 aliphatic rings. The Morgan fingerprint density at radius 2 is 1.97 bits per heavy atom. The molecule has 0 aliphatic carbocycles. The Kier molecular flexibility index (Phi) is 6.06. The normalized spacial score (nSPS) is 16.5. The van der Waals surface area contributed by atoms with Crippen LogP contribution in [0.1, 0.15) is 43.8 Å². The third-order valence-electron chi connectivity index (χ3n) is 5.45. The predicted molar refractivity (Wildman–Crippen MR) is 114 cm³/mol. The highest BCUT2D eigenvalue weighted by Crippen LogP contribution is 2.43.